The topological polar surface area (TPSA) is 45.2 Å². The molecule has 0 aliphatic rings. The maximum atomic E-state index is 13.7. The molecule has 1 unspecified atom stereocenters. The van der Waals surface area contributed by atoms with Crippen molar-refractivity contribution in [2.24, 2.45) is 0 Å². The summed E-state index contributed by atoms with van der Waals surface area (Å²) in [7, 11) is 1.68. The van der Waals surface area contributed by atoms with Crippen LogP contribution in [0.5, 0.6) is 0 Å². The third-order valence-corrected chi connectivity index (χ3v) is 3.57. The number of rotatable bonds is 5. The lowest BCUT2D eigenvalue weighted by Gasteiger charge is -2.20. The number of carbonyl (C=O) groups excluding carboxylic acids is 1. The first-order chi connectivity index (χ1) is 11.0. The summed E-state index contributed by atoms with van der Waals surface area (Å²) in [4.78, 5) is 17.5. The third kappa shape index (κ3) is 4.74. The predicted octanol–water partition coefficient (Wildman–Crippen LogP) is 3.30. The Morgan fingerprint density at radius 2 is 1.96 bits per heavy atom. The molecule has 2 amide bonds. The van der Waals surface area contributed by atoms with Crippen LogP contribution in [0.2, 0.25) is 0 Å². The lowest BCUT2D eigenvalue weighted by atomic mass is 10.0. The smallest absolute Gasteiger partial charge is 0.317 e. The Balaban J connectivity index is 1.88. The van der Waals surface area contributed by atoms with E-state index in [0.29, 0.717) is 12.1 Å². The molecule has 6 heteroatoms. The molecule has 1 atom stereocenters. The van der Waals surface area contributed by atoms with E-state index in [1.165, 1.54) is 17.0 Å². The van der Waals surface area contributed by atoms with Gasteiger partial charge in [-0.15, -0.1) is 0 Å². The summed E-state index contributed by atoms with van der Waals surface area (Å²) >= 11 is 0. The van der Waals surface area contributed by atoms with Crippen LogP contribution in [0.3, 0.4) is 0 Å². The highest BCUT2D eigenvalue weighted by molar-refractivity contribution is 5.73. The quantitative estimate of drug-likeness (QED) is 0.919. The maximum Gasteiger partial charge on any atom is 0.317 e. The van der Waals surface area contributed by atoms with E-state index in [1.54, 1.807) is 26.4 Å². The van der Waals surface area contributed by atoms with Crippen molar-refractivity contribution in [1.29, 1.82) is 0 Å². The molecule has 0 saturated heterocycles. The second-order valence-corrected chi connectivity index (χ2v) is 5.46. The molecule has 0 bridgehead atoms. The van der Waals surface area contributed by atoms with Crippen LogP contribution in [-0.4, -0.2) is 29.5 Å². The van der Waals surface area contributed by atoms with Crippen molar-refractivity contribution < 1.29 is 13.6 Å². The Hall–Kier alpha value is -2.50. The highest BCUT2D eigenvalue weighted by Gasteiger charge is 2.14. The van der Waals surface area contributed by atoms with Gasteiger partial charge < -0.3 is 10.2 Å². The summed E-state index contributed by atoms with van der Waals surface area (Å²) in [6, 6.07) is 6.88. The number of benzene rings is 1. The number of halogens is 2. The first-order valence-electron chi connectivity index (χ1n) is 7.30. The Bertz CT molecular complexity index is 664. The second kappa shape index (κ2) is 7.67. The van der Waals surface area contributed by atoms with E-state index < -0.39 is 11.6 Å². The summed E-state index contributed by atoms with van der Waals surface area (Å²) in [6.07, 6.45) is 3.33. The van der Waals surface area contributed by atoms with Crippen LogP contribution in [0.4, 0.5) is 13.6 Å². The standard InChI is InChI=1S/C17H19F2N3O/c1-12(15-4-3-14(18)9-16(15)19)10-21-17(23)22(2)11-13-5-7-20-8-6-13/h3-9,12H,10-11H2,1-2H3,(H,21,23). The van der Waals surface area contributed by atoms with E-state index in [2.05, 4.69) is 10.3 Å². The summed E-state index contributed by atoms with van der Waals surface area (Å²) in [5.41, 5.74) is 1.35. The minimum Gasteiger partial charge on any atom is -0.337 e. The number of aromatic nitrogens is 1. The van der Waals surface area contributed by atoms with Crippen molar-refractivity contribution in [2.45, 2.75) is 19.4 Å². The molecular weight excluding hydrogens is 300 g/mol. The van der Waals surface area contributed by atoms with Gasteiger partial charge in [0.1, 0.15) is 11.6 Å². The average molecular weight is 319 g/mol. The van der Waals surface area contributed by atoms with Crippen LogP contribution in [0.15, 0.2) is 42.7 Å². The fourth-order valence-electron chi connectivity index (χ4n) is 2.22. The second-order valence-electron chi connectivity index (χ2n) is 5.46. The van der Waals surface area contributed by atoms with Crippen molar-refractivity contribution in [1.82, 2.24) is 15.2 Å². The van der Waals surface area contributed by atoms with Crippen molar-refractivity contribution in [3.8, 4) is 0 Å². The first-order valence-corrected chi connectivity index (χ1v) is 7.30. The van der Waals surface area contributed by atoms with Gasteiger partial charge in [-0.05, 0) is 29.3 Å². The zero-order chi connectivity index (χ0) is 16.8. The van der Waals surface area contributed by atoms with Crippen LogP contribution in [0.25, 0.3) is 0 Å². The molecule has 0 spiro atoms. The van der Waals surface area contributed by atoms with Gasteiger partial charge in [-0.1, -0.05) is 13.0 Å². The SMILES string of the molecule is CC(CNC(=O)N(C)Cc1ccncc1)c1ccc(F)cc1F. The minimum atomic E-state index is -0.612. The van der Waals surface area contributed by atoms with Crippen molar-refractivity contribution in [3.63, 3.8) is 0 Å². The molecule has 0 radical (unpaired) electrons. The van der Waals surface area contributed by atoms with Crippen molar-refractivity contribution in [3.05, 3.63) is 65.5 Å². The minimum absolute atomic E-state index is 0.254. The molecule has 2 aromatic rings. The molecule has 1 heterocycles. The van der Waals surface area contributed by atoms with Crippen LogP contribution >= 0.6 is 0 Å². The normalized spacial score (nSPS) is 11.8. The van der Waals surface area contributed by atoms with Gasteiger partial charge in [0.25, 0.3) is 0 Å². The number of hydrogen-bond acceptors (Lipinski definition) is 2. The monoisotopic (exact) mass is 319 g/mol. The molecule has 23 heavy (non-hydrogen) atoms. The van der Waals surface area contributed by atoms with Crippen LogP contribution in [0.1, 0.15) is 24.0 Å². The number of urea groups is 1. The fourth-order valence-corrected chi connectivity index (χ4v) is 2.22. The number of carbonyl (C=O) groups is 1. The van der Waals surface area contributed by atoms with E-state index in [9.17, 15) is 13.6 Å². The van der Waals surface area contributed by atoms with Crippen molar-refractivity contribution >= 4 is 6.03 Å². The van der Waals surface area contributed by atoms with Crippen molar-refractivity contribution in [2.75, 3.05) is 13.6 Å². The largest absolute Gasteiger partial charge is 0.337 e. The molecule has 4 nitrogen and oxygen atoms in total. The van der Waals surface area contributed by atoms with Gasteiger partial charge in [0.2, 0.25) is 0 Å². The number of nitrogens with zero attached hydrogens (tertiary/aromatic N) is 2. The lowest BCUT2D eigenvalue weighted by molar-refractivity contribution is 0.206. The Morgan fingerprint density at radius 1 is 1.26 bits per heavy atom. The molecule has 0 saturated carbocycles. The summed E-state index contributed by atoms with van der Waals surface area (Å²) in [5.74, 6) is -1.47. The number of hydrogen-bond donors (Lipinski definition) is 1. The molecule has 2 rings (SSSR count). The van der Waals surface area contributed by atoms with Crippen LogP contribution in [0, 0.1) is 11.6 Å². The van der Waals surface area contributed by atoms with Gasteiger partial charge in [-0.3, -0.25) is 4.98 Å². The zero-order valence-electron chi connectivity index (χ0n) is 13.1. The summed E-state index contributed by atoms with van der Waals surface area (Å²) < 4.78 is 26.6. The highest BCUT2D eigenvalue weighted by Crippen LogP contribution is 2.19. The van der Waals surface area contributed by atoms with Crippen LogP contribution in [-0.2, 0) is 6.54 Å². The van der Waals surface area contributed by atoms with Gasteiger partial charge in [0.15, 0.2) is 0 Å². The number of nitrogens with one attached hydrogen (secondary N) is 1. The number of pyridine rings is 1. The first kappa shape index (κ1) is 16.9. The molecule has 1 aromatic heterocycles. The maximum absolute atomic E-state index is 13.7. The molecular formula is C17H19F2N3O. The Labute approximate surface area is 134 Å². The van der Waals surface area contributed by atoms with E-state index in [1.807, 2.05) is 12.1 Å². The highest BCUT2D eigenvalue weighted by atomic mass is 19.1. The summed E-state index contributed by atoms with van der Waals surface area (Å²) in [5, 5.41) is 2.75. The molecule has 122 valence electrons. The van der Waals surface area contributed by atoms with Gasteiger partial charge in [-0.25, -0.2) is 13.6 Å². The van der Waals surface area contributed by atoms with Gasteiger partial charge >= 0.3 is 6.03 Å². The van der Waals surface area contributed by atoms with Gasteiger partial charge in [0.05, 0.1) is 0 Å². The Kier molecular flexibility index (Phi) is 5.62. The predicted molar refractivity (Wildman–Crippen MR) is 83.9 cm³/mol. The third-order valence-electron chi connectivity index (χ3n) is 3.57. The average Bonchev–Trinajstić information content (AvgIpc) is 2.53. The molecule has 1 N–H and O–H groups in total. The molecule has 0 aliphatic carbocycles. The lowest BCUT2D eigenvalue weighted by Crippen LogP contribution is -2.38. The molecule has 0 aliphatic heterocycles. The summed E-state index contributed by atoms with van der Waals surface area (Å²) in [6.45, 7) is 2.50. The van der Waals surface area contributed by atoms with Crippen LogP contribution < -0.4 is 5.32 Å². The van der Waals surface area contributed by atoms with E-state index >= 15 is 0 Å². The zero-order valence-corrected chi connectivity index (χ0v) is 13.1. The van der Waals surface area contributed by atoms with E-state index in [4.69, 9.17) is 0 Å². The Morgan fingerprint density at radius 3 is 2.61 bits per heavy atom. The van der Waals surface area contributed by atoms with E-state index in [0.717, 1.165) is 11.6 Å². The number of amides is 2. The van der Waals surface area contributed by atoms with Gasteiger partial charge in [0, 0.05) is 44.5 Å². The van der Waals surface area contributed by atoms with Gasteiger partial charge in [-0.2, -0.15) is 0 Å². The molecule has 1 aromatic carbocycles. The molecule has 0 fully saturated rings. The fraction of sp³-hybridized carbons (Fsp3) is 0.294. The van der Waals surface area contributed by atoms with E-state index in [-0.39, 0.29) is 18.5 Å².